The first-order valence-electron chi connectivity index (χ1n) is 20.7. The Kier molecular flexibility index (Phi) is 11.7. The Labute approximate surface area is 366 Å². The van der Waals surface area contributed by atoms with Crippen molar-refractivity contribution in [2.75, 3.05) is 14.2 Å². The Morgan fingerprint density at radius 1 is 0.825 bits per heavy atom. The van der Waals surface area contributed by atoms with Crippen molar-refractivity contribution in [3.63, 3.8) is 0 Å². The lowest BCUT2D eigenvalue weighted by Crippen LogP contribution is -2.46. The van der Waals surface area contributed by atoms with Crippen LogP contribution in [0.5, 0.6) is 46.0 Å². The molecule has 0 radical (unpaired) electrons. The number of aromatic hydroxyl groups is 3. The summed E-state index contributed by atoms with van der Waals surface area (Å²) in [6.45, 7) is 15.4. The molecule has 63 heavy (non-hydrogen) atoms. The molecule has 0 aliphatic carbocycles. The Bertz CT molecular complexity index is 2780. The van der Waals surface area contributed by atoms with Crippen molar-refractivity contribution in [2.24, 2.45) is 0 Å². The molecule has 5 aromatic rings. The van der Waals surface area contributed by atoms with Gasteiger partial charge < -0.3 is 48.5 Å². The van der Waals surface area contributed by atoms with E-state index in [-0.39, 0.29) is 46.2 Å². The molecule has 4 heterocycles. The van der Waals surface area contributed by atoms with Crippen LogP contribution in [0.2, 0.25) is 0 Å². The largest absolute Gasteiger partial charge is 0.508 e. The summed E-state index contributed by atoms with van der Waals surface area (Å²) in [5.74, 6) is 2.15. The summed E-state index contributed by atoms with van der Waals surface area (Å²) in [4.78, 5) is 26.0. The molecule has 0 spiro atoms. The number of rotatable bonds is 8. The number of hydrogen-bond donors (Lipinski definition) is 4. The number of ketones is 1. The van der Waals surface area contributed by atoms with Crippen LogP contribution in [-0.4, -0.2) is 63.3 Å². The predicted molar refractivity (Wildman–Crippen MR) is 242 cm³/mol. The van der Waals surface area contributed by atoms with Crippen LogP contribution in [0.25, 0.3) is 34.2 Å². The lowest BCUT2D eigenvalue weighted by Gasteiger charge is -2.37. The standard InChI is InChI=1S/C26H26O6.C25H28O6/c1-14(2)6-11-17-22-18(12-13-26(3,4)32-22)24-20(23(17)30-5)21(28)19(25(29)31-24)15-7-9-16(27)10-8-15;1-24(2)9-8-16-20(30-24)7-6-14(23(16)29-5)11-18(26)17-10-15-12-22(28)25(3,4)31-21(15)13-19(17)27/h6-10,12-13,27-28H,11H2,1-5H3;6-10,13,22,27-28H,11-12H2,1-5H3. The number of carbonyl (C=O) groups excluding carboxylic acids is 1. The number of hydrogen-bond acceptors (Lipinski definition) is 12. The second-order valence-corrected chi connectivity index (χ2v) is 17.9. The molecule has 12 heteroatoms. The number of carbonyl (C=O) groups is 1. The first-order chi connectivity index (χ1) is 29.6. The molecule has 1 atom stereocenters. The average molecular weight is 859 g/mol. The second kappa shape index (κ2) is 16.6. The average Bonchev–Trinajstić information content (AvgIpc) is 3.20. The second-order valence-electron chi connectivity index (χ2n) is 17.9. The van der Waals surface area contributed by atoms with Gasteiger partial charge in [-0.15, -0.1) is 0 Å². The van der Waals surface area contributed by atoms with Gasteiger partial charge in [0.2, 0.25) is 0 Å². The third-order valence-electron chi connectivity index (χ3n) is 11.3. The number of methoxy groups -OCH3 is 2. The van der Waals surface area contributed by atoms with E-state index in [1.54, 1.807) is 39.2 Å². The summed E-state index contributed by atoms with van der Waals surface area (Å²) in [7, 11) is 3.08. The van der Waals surface area contributed by atoms with E-state index in [4.69, 9.17) is 28.1 Å². The SMILES string of the molecule is COc1c(CC(=O)c2cc3c(cc2O)OC(C)(C)C(O)C3)ccc2c1C=CC(C)(C)O2.COc1c(CC=C(C)C)c2c(c3oc(=O)c(-c4ccc(O)cc4)c(O)c13)C=CC(C)(C)O2. The number of ether oxygens (including phenoxy) is 5. The number of fused-ring (bicyclic) bond motifs is 5. The van der Waals surface area contributed by atoms with Gasteiger partial charge in [-0.1, -0.05) is 29.8 Å². The van der Waals surface area contributed by atoms with E-state index in [1.165, 1.54) is 25.3 Å². The van der Waals surface area contributed by atoms with Crippen molar-refractivity contribution < 1.29 is 53.3 Å². The summed E-state index contributed by atoms with van der Waals surface area (Å²) >= 11 is 0. The van der Waals surface area contributed by atoms with Gasteiger partial charge in [-0.2, -0.15) is 0 Å². The molecule has 12 nitrogen and oxygen atoms in total. The fourth-order valence-electron chi connectivity index (χ4n) is 7.91. The maximum absolute atomic E-state index is 13.1. The fourth-order valence-corrected chi connectivity index (χ4v) is 7.91. The van der Waals surface area contributed by atoms with Crippen LogP contribution in [0.3, 0.4) is 0 Å². The van der Waals surface area contributed by atoms with E-state index in [0.717, 1.165) is 16.7 Å². The minimum absolute atomic E-state index is 0.00458. The minimum atomic E-state index is -0.758. The predicted octanol–water partition coefficient (Wildman–Crippen LogP) is 9.66. The highest BCUT2D eigenvalue weighted by atomic mass is 16.5. The Balaban J connectivity index is 0.000000189. The molecule has 4 N–H and O–H groups in total. The quantitative estimate of drug-likeness (QED) is 0.0662. The zero-order valence-electron chi connectivity index (χ0n) is 37.3. The van der Waals surface area contributed by atoms with Crippen molar-refractivity contribution in [3.8, 4) is 57.1 Å². The maximum atomic E-state index is 13.1. The van der Waals surface area contributed by atoms with Crippen molar-refractivity contribution >= 4 is 28.9 Å². The molecule has 4 aromatic carbocycles. The third-order valence-corrected chi connectivity index (χ3v) is 11.3. The van der Waals surface area contributed by atoms with E-state index in [0.29, 0.717) is 69.2 Å². The molecule has 3 aliphatic rings. The molecule has 3 aliphatic heterocycles. The monoisotopic (exact) mass is 858 g/mol. The van der Waals surface area contributed by atoms with Crippen molar-refractivity contribution in [1.29, 1.82) is 0 Å². The highest BCUT2D eigenvalue weighted by Gasteiger charge is 2.37. The van der Waals surface area contributed by atoms with Crippen LogP contribution in [0.15, 0.2) is 81.5 Å². The van der Waals surface area contributed by atoms with Crippen LogP contribution in [0.4, 0.5) is 0 Å². The Morgan fingerprint density at radius 2 is 1.48 bits per heavy atom. The van der Waals surface area contributed by atoms with E-state index < -0.39 is 28.5 Å². The number of aliphatic hydroxyl groups excluding tert-OH is 1. The van der Waals surface area contributed by atoms with Gasteiger partial charge in [0, 0.05) is 30.0 Å². The highest BCUT2D eigenvalue weighted by Crippen LogP contribution is 2.50. The van der Waals surface area contributed by atoms with Crippen molar-refractivity contribution in [1.82, 2.24) is 0 Å². The van der Waals surface area contributed by atoms with Gasteiger partial charge in [0.15, 0.2) is 11.4 Å². The Hall–Kier alpha value is -6.66. The molecule has 1 aromatic heterocycles. The van der Waals surface area contributed by atoms with Crippen LogP contribution in [0, 0.1) is 0 Å². The lowest BCUT2D eigenvalue weighted by atomic mass is 9.89. The maximum Gasteiger partial charge on any atom is 0.348 e. The number of aliphatic hydroxyl groups is 1. The van der Waals surface area contributed by atoms with Gasteiger partial charge in [-0.3, -0.25) is 4.79 Å². The van der Waals surface area contributed by atoms with Crippen molar-refractivity contribution in [3.05, 3.63) is 116 Å². The fraction of sp³-hybridized carbons (Fsp3) is 0.333. The molecule has 330 valence electrons. The first kappa shape index (κ1) is 44.4. The van der Waals surface area contributed by atoms with E-state index >= 15 is 0 Å². The molecule has 0 saturated heterocycles. The van der Waals surface area contributed by atoms with Gasteiger partial charge in [0.25, 0.3) is 0 Å². The zero-order valence-corrected chi connectivity index (χ0v) is 37.3. The van der Waals surface area contributed by atoms with Crippen LogP contribution in [0.1, 0.15) is 93.6 Å². The van der Waals surface area contributed by atoms with Gasteiger partial charge in [0.1, 0.15) is 73.7 Å². The smallest absolute Gasteiger partial charge is 0.348 e. The minimum Gasteiger partial charge on any atom is -0.508 e. The summed E-state index contributed by atoms with van der Waals surface area (Å²) in [5, 5.41) is 42.0. The van der Waals surface area contributed by atoms with Gasteiger partial charge in [-0.05, 0) is 122 Å². The molecular weight excluding hydrogens is 805 g/mol. The van der Waals surface area contributed by atoms with Crippen molar-refractivity contribution in [2.45, 2.75) is 97.6 Å². The van der Waals surface area contributed by atoms with Crippen LogP contribution < -0.4 is 29.3 Å². The van der Waals surface area contributed by atoms with Crippen LogP contribution >= 0.6 is 0 Å². The third kappa shape index (κ3) is 8.72. The first-order valence-corrected chi connectivity index (χ1v) is 20.7. The molecule has 8 rings (SSSR count). The van der Waals surface area contributed by atoms with Gasteiger partial charge >= 0.3 is 5.63 Å². The number of phenolic OH excluding ortho intramolecular Hbond substituents is 2. The van der Waals surface area contributed by atoms with Gasteiger partial charge in [-0.25, -0.2) is 4.79 Å². The van der Waals surface area contributed by atoms with Crippen LogP contribution in [-0.2, 0) is 19.3 Å². The number of Topliss-reactive ketones (excluding diaryl/α,β-unsaturated/α-hetero) is 1. The summed E-state index contributed by atoms with van der Waals surface area (Å²) in [6, 6.07) is 12.7. The van der Waals surface area contributed by atoms with E-state index in [9.17, 15) is 30.0 Å². The topological polar surface area (TPSA) is 174 Å². The Morgan fingerprint density at radius 3 is 2.13 bits per heavy atom. The summed E-state index contributed by atoms with van der Waals surface area (Å²) in [5.41, 5.74) is 3.07. The van der Waals surface area contributed by atoms with E-state index in [1.807, 2.05) is 78.0 Å². The number of allylic oxidation sites excluding steroid dienone is 2. The molecular formula is C51H54O12. The molecule has 0 amide bonds. The lowest BCUT2D eigenvalue weighted by molar-refractivity contribution is -0.0412. The number of phenols is 2. The normalized spacial score (nSPS) is 17.0. The van der Waals surface area contributed by atoms with E-state index in [2.05, 4.69) is 6.08 Å². The summed E-state index contributed by atoms with van der Waals surface area (Å²) < 4.78 is 35.2. The summed E-state index contributed by atoms with van der Waals surface area (Å²) in [6.07, 6.45) is 9.90. The molecule has 0 fully saturated rings. The molecule has 0 bridgehead atoms. The highest BCUT2D eigenvalue weighted by molar-refractivity contribution is 6.03. The molecule has 0 saturated carbocycles. The molecule has 1 unspecified atom stereocenters. The number of benzene rings is 4. The van der Waals surface area contributed by atoms with Gasteiger partial charge in [0.05, 0.1) is 37.0 Å². The zero-order chi connectivity index (χ0) is 45.8.